The molecule has 6 heteroatoms. The Hall–Kier alpha value is -3.93. The number of anilines is 1. The molecular weight excluding hydrogens is 392 g/mol. The van der Waals surface area contributed by atoms with E-state index in [-0.39, 0.29) is 5.91 Å². The molecule has 0 radical (unpaired) electrons. The Morgan fingerprint density at radius 1 is 0.871 bits per heavy atom. The minimum absolute atomic E-state index is 0.232. The van der Waals surface area contributed by atoms with Crippen molar-refractivity contribution in [1.82, 2.24) is 5.32 Å². The number of carbonyl (C=O) groups is 3. The van der Waals surface area contributed by atoms with Crippen LogP contribution in [0.3, 0.4) is 0 Å². The number of esters is 1. The Labute approximate surface area is 181 Å². The normalized spacial score (nSPS) is 11.3. The van der Waals surface area contributed by atoms with Crippen LogP contribution in [-0.4, -0.2) is 30.9 Å². The minimum Gasteiger partial charge on any atom is -0.467 e. The summed E-state index contributed by atoms with van der Waals surface area (Å²) in [5.74, 6) is -1.19. The maximum Gasteiger partial charge on any atom is 0.328 e. The number of carbonyl (C=O) groups excluding carboxylic acids is 3. The van der Waals surface area contributed by atoms with Crippen LogP contribution in [-0.2, 0) is 20.7 Å². The van der Waals surface area contributed by atoms with Gasteiger partial charge in [0.25, 0.3) is 5.91 Å². The molecule has 0 bridgehead atoms. The fourth-order valence-corrected chi connectivity index (χ4v) is 3.22. The average Bonchev–Trinajstić information content (AvgIpc) is 2.79. The van der Waals surface area contributed by atoms with E-state index in [1.165, 1.54) is 14.0 Å². The van der Waals surface area contributed by atoms with Gasteiger partial charge in [0.05, 0.1) is 7.11 Å². The molecule has 31 heavy (non-hydrogen) atoms. The van der Waals surface area contributed by atoms with Gasteiger partial charge in [-0.1, -0.05) is 60.7 Å². The number of hydrogen-bond donors (Lipinski definition) is 2. The maximum absolute atomic E-state index is 12.7. The van der Waals surface area contributed by atoms with Crippen LogP contribution in [0.15, 0.2) is 78.9 Å². The van der Waals surface area contributed by atoms with E-state index in [9.17, 15) is 14.4 Å². The molecule has 2 N–H and O–H groups in total. The highest BCUT2D eigenvalue weighted by molar-refractivity contribution is 5.98. The van der Waals surface area contributed by atoms with Gasteiger partial charge < -0.3 is 15.4 Å². The highest BCUT2D eigenvalue weighted by Gasteiger charge is 2.23. The van der Waals surface area contributed by atoms with Crippen molar-refractivity contribution in [3.8, 4) is 11.1 Å². The number of ether oxygens (including phenoxy) is 1. The van der Waals surface area contributed by atoms with E-state index in [2.05, 4.69) is 10.6 Å². The molecule has 2 amide bonds. The molecule has 1 atom stereocenters. The van der Waals surface area contributed by atoms with Crippen molar-refractivity contribution in [1.29, 1.82) is 0 Å². The Bertz CT molecular complexity index is 1060. The summed E-state index contributed by atoms with van der Waals surface area (Å²) in [6.45, 7) is 1.39. The summed E-state index contributed by atoms with van der Waals surface area (Å²) in [5.41, 5.74) is 3.90. The molecule has 0 aliphatic heterocycles. The number of nitrogens with one attached hydrogen (secondary N) is 2. The lowest BCUT2D eigenvalue weighted by atomic mass is 10.0. The maximum atomic E-state index is 12.7. The van der Waals surface area contributed by atoms with Crippen molar-refractivity contribution in [2.24, 2.45) is 0 Å². The van der Waals surface area contributed by atoms with Crippen molar-refractivity contribution in [2.75, 3.05) is 12.4 Å². The van der Waals surface area contributed by atoms with Gasteiger partial charge in [-0.25, -0.2) is 4.79 Å². The molecular formula is C25H24N2O4. The van der Waals surface area contributed by atoms with Crippen LogP contribution in [0.1, 0.15) is 22.8 Å². The summed E-state index contributed by atoms with van der Waals surface area (Å²) < 4.78 is 4.88. The Morgan fingerprint density at radius 2 is 1.55 bits per heavy atom. The largest absolute Gasteiger partial charge is 0.467 e. The summed E-state index contributed by atoms with van der Waals surface area (Å²) >= 11 is 0. The van der Waals surface area contributed by atoms with Crippen LogP contribution in [0.25, 0.3) is 11.1 Å². The first-order valence-electron chi connectivity index (χ1n) is 9.87. The van der Waals surface area contributed by atoms with E-state index in [0.717, 1.165) is 16.7 Å². The first-order valence-corrected chi connectivity index (χ1v) is 9.87. The van der Waals surface area contributed by atoms with E-state index < -0.39 is 17.9 Å². The van der Waals surface area contributed by atoms with E-state index in [0.29, 0.717) is 17.7 Å². The molecule has 0 heterocycles. The van der Waals surface area contributed by atoms with Crippen molar-refractivity contribution in [3.05, 3.63) is 90.0 Å². The predicted molar refractivity (Wildman–Crippen MR) is 120 cm³/mol. The van der Waals surface area contributed by atoms with Gasteiger partial charge in [0.1, 0.15) is 6.04 Å². The lowest BCUT2D eigenvalue weighted by molar-refractivity contribution is -0.142. The summed E-state index contributed by atoms with van der Waals surface area (Å²) in [5, 5.41) is 5.37. The number of rotatable bonds is 7. The number of amides is 2. The topological polar surface area (TPSA) is 84.5 Å². The molecule has 3 aromatic rings. The van der Waals surface area contributed by atoms with Gasteiger partial charge in [0.2, 0.25) is 5.91 Å². The van der Waals surface area contributed by atoms with E-state index in [1.807, 2.05) is 54.6 Å². The van der Waals surface area contributed by atoms with Gasteiger partial charge in [-0.05, 0) is 34.9 Å². The first-order chi connectivity index (χ1) is 15.0. The first kappa shape index (κ1) is 21.8. The second-order valence-electron chi connectivity index (χ2n) is 7.08. The standard InChI is InChI=1S/C25H24N2O4/c1-17(28)26-22-10-6-9-21(16-22)24(29)27-23(25(30)31-2)15-18-11-13-20(14-12-18)19-7-4-3-5-8-19/h3-14,16,23H,15H2,1-2H3,(H,26,28)(H,27,29)/t23-/m0/s1. The van der Waals surface area contributed by atoms with Crippen LogP contribution in [0.2, 0.25) is 0 Å². The van der Waals surface area contributed by atoms with Crippen molar-refractivity contribution < 1.29 is 19.1 Å². The van der Waals surface area contributed by atoms with Gasteiger partial charge in [0.15, 0.2) is 0 Å². The Kier molecular flexibility index (Phi) is 7.17. The number of benzene rings is 3. The minimum atomic E-state index is -0.843. The quantitative estimate of drug-likeness (QED) is 0.574. The van der Waals surface area contributed by atoms with Gasteiger partial charge >= 0.3 is 5.97 Å². The fraction of sp³-hybridized carbons (Fsp3) is 0.160. The van der Waals surface area contributed by atoms with Crippen molar-refractivity contribution in [2.45, 2.75) is 19.4 Å². The molecule has 0 spiro atoms. The van der Waals surface area contributed by atoms with Crippen LogP contribution >= 0.6 is 0 Å². The predicted octanol–water partition coefficient (Wildman–Crippen LogP) is 3.83. The molecule has 0 saturated carbocycles. The molecule has 6 nitrogen and oxygen atoms in total. The lowest BCUT2D eigenvalue weighted by Crippen LogP contribution is -2.43. The molecule has 0 fully saturated rings. The van der Waals surface area contributed by atoms with Crippen LogP contribution < -0.4 is 10.6 Å². The van der Waals surface area contributed by atoms with Gasteiger partial charge in [0, 0.05) is 24.6 Å². The summed E-state index contributed by atoms with van der Waals surface area (Å²) in [4.78, 5) is 36.2. The average molecular weight is 416 g/mol. The third-order valence-electron chi connectivity index (χ3n) is 4.74. The second kappa shape index (κ2) is 10.2. The Balaban J connectivity index is 1.73. The highest BCUT2D eigenvalue weighted by atomic mass is 16.5. The molecule has 3 rings (SSSR count). The van der Waals surface area contributed by atoms with Crippen LogP contribution in [0.5, 0.6) is 0 Å². The Morgan fingerprint density at radius 3 is 2.19 bits per heavy atom. The van der Waals surface area contributed by atoms with Crippen molar-refractivity contribution in [3.63, 3.8) is 0 Å². The zero-order valence-electron chi connectivity index (χ0n) is 17.4. The molecule has 0 aliphatic carbocycles. The fourth-order valence-electron chi connectivity index (χ4n) is 3.22. The SMILES string of the molecule is COC(=O)[C@H](Cc1ccc(-c2ccccc2)cc1)NC(=O)c1cccc(NC(C)=O)c1. The van der Waals surface area contributed by atoms with Crippen molar-refractivity contribution >= 4 is 23.5 Å². The smallest absolute Gasteiger partial charge is 0.328 e. The monoisotopic (exact) mass is 416 g/mol. The summed E-state index contributed by atoms with van der Waals surface area (Å²) in [6, 6.07) is 23.5. The van der Waals surface area contributed by atoms with E-state index in [4.69, 9.17) is 4.74 Å². The number of methoxy groups -OCH3 is 1. The van der Waals surface area contributed by atoms with E-state index >= 15 is 0 Å². The molecule has 0 saturated heterocycles. The third kappa shape index (κ3) is 6.02. The second-order valence-corrected chi connectivity index (χ2v) is 7.08. The molecule has 3 aromatic carbocycles. The molecule has 0 aliphatic rings. The van der Waals surface area contributed by atoms with Crippen LogP contribution in [0, 0.1) is 0 Å². The summed E-state index contributed by atoms with van der Waals surface area (Å²) in [6.07, 6.45) is 0.291. The third-order valence-corrected chi connectivity index (χ3v) is 4.74. The zero-order chi connectivity index (χ0) is 22.2. The van der Waals surface area contributed by atoms with Gasteiger partial charge in [-0.2, -0.15) is 0 Å². The molecule has 0 unspecified atom stereocenters. The van der Waals surface area contributed by atoms with Crippen LogP contribution in [0.4, 0.5) is 5.69 Å². The molecule has 0 aromatic heterocycles. The highest BCUT2D eigenvalue weighted by Crippen LogP contribution is 2.20. The number of hydrogen-bond acceptors (Lipinski definition) is 4. The lowest BCUT2D eigenvalue weighted by Gasteiger charge is -2.17. The molecule has 158 valence electrons. The zero-order valence-corrected chi connectivity index (χ0v) is 17.4. The van der Waals surface area contributed by atoms with Gasteiger partial charge in [-0.15, -0.1) is 0 Å². The summed E-state index contributed by atoms with van der Waals surface area (Å²) in [7, 11) is 1.29. The van der Waals surface area contributed by atoms with E-state index in [1.54, 1.807) is 24.3 Å². The van der Waals surface area contributed by atoms with Gasteiger partial charge in [-0.3, -0.25) is 9.59 Å².